The lowest BCUT2D eigenvalue weighted by atomic mass is 9.94. The summed E-state index contributed by atoms with van der Waals surface area (Å²) >= 11 is 0. The number of rotatable bonds is 4. The molecule has 2 aliphatic heterocycles. The van der Waals surface area contributed by atoms with Gasteiger partial charge in [0.2, 0.25) is 5.91 Å². The van der Waals surface area contributed by atoms with Gasteiger partial charge in [-0.05, 0) is 57.6 Å². The summed E-state index contributed by atoms with van der Waals surface area (Å²) in [6.07, 6.45) is 5.05. The van der Waals surface area contributed by atoms with Crippen LogP contribution in [0, 0.1) is 19.8 Å². The fourth-order valence-electron chi connectivity index (χ4n) is 4.90. The number of nitrogens with zero attached hydrogens (tertiary/aromatic N) is 3. The molecule has 5 nitrogen and oxygen atoms in total. The normalized spacial score (nSPS) is 17.9. The fraction of sp³-hybridized carbons (Fsp3) is 0.520. The van der Waals surface area contributed by atoms with E-state index in [1.54, 1.807) is 0 Å². The van der Waals surface area contributed by atoms with Gasteiger partial charge in [0.25, 0.3) is 5.91 Å². The lowest BCUT2D eigenvalue weighted by Gasteiger charge is -2.35. The number of carbonyl (C=O) groups is 2. The molecule has 160 valence electrons. The van der Waals surface area contributed by atoms with Crippen LogP contribution in [0.2, 0.25) is 0 Å². The van der Waals surface area contributed by atoms with Crippen LogP contribution in [0.15, 0.2) is 36.4 Å². The number of hydrogen-bond donors (Lipinski definition) is 0. The van der Waals surface area contributed by atoms with Gasteiger partial charge in [0.15, 0.2) is 0 Å². The Kier molecular flexibility index (Phi) is 6.26. The molecule has 1 aromatic carbocycles. The second kappa shape index (κ2) is 9.07. The standard InChI is InChI=1S/C25H33N3O2/c1-19-17-23(20(2)28(19)18-21-9-5-3-6-10-21)25(30)27-15-11-22(12-16-27)24(29)26-13-7-4-8-14-26/h3,5-6,9-10,17,22H,4,7-8,11-16,18H2,1-2H3. The van der Waals surface area contributed by atoms with Crippen molar-refractivity contribution in [3.63, 3.8) is 0 Å². The van der Waals surface area contributed by atoms with E-state index >= 15 is 0 Å². The Labute approximate surface area is 179 Å². The Morgan fingerprint density at radius 3 is 2.23 bits per heavy atom. The van der Waals surface area contributed by atoms with Gasteiger partial charge in [0.1, 0.15) is 0 Å². The van der Waals surface area contributed by atoms with Crippen LogP contribution < -0.4 is 0 Å². The molecule has 0 unspecified atom stereocenters. The maximum absolute atomic E-state index is 13.2. The quantitative estimate of drug-likeness (QED) is 0.769. The highest BCUT2D eigenvalue weighted by Crippen LogP contribution is 2.25. The molecule has 0 radical (unpaired) electrons. The Hall–Kier alpha value is -2.56. The van der Waals surface area contributed by atoms with E-state index in [0.717, 1.165) is 62.3 Å². The number of piperidine rings is 2. The molecular weight excluding hydrogens is 374 g/mol. The Balaban J connectivity index is 1.39. The molecule has 30 heavy (non-hydrogen) atoms. The molecule has 2 aliphatic rings. The first-order valence-corrected chi connectivity index (χ1v) is 11.3. The number of aryl methyl sites for hydroxylation is 1. The number of hydrogen-bond acceptors (Lipinski definition) is 2. The van der Waals surface area contributed by atoms with Gasteiger partial charge in [-0.15, -0.1) is 0 Å². The molecule has 3 heterocycles. The SMILES string of the molecule is Cc1cc(C(=O)N2CCC(C(=O)N3CCCCC3)CC2)c(C)n1Cc1ccccc1. The van der Waals surface area contributed by atoms with E-state index in [1.165, 1.54) is 12.0 Å². The van der Waals surface area contributed by atoms with Crippen molar-refractivity contribution < 1.29 is 9.59 Å². The summed E-state index contributed by atoms with van der Waals surface area (Å²) in [4.78, 5) is 30.0. The largest absolute Gasteiger partial charge is 0.344 e. The highest BCUT2D eigenvalue weighted by atomic mass is 16.2. The van der Waals surface area contributed by atoms with E-state index < -0.39 is 0 Å². The van der Waals surface area contributed by atoms with Crippen molar-refractivity contribution >= 4 is 11.8 Å². The van der Waals surface area contributed by atoms with E-state index in [1.807, 2.05) is 41.0 Å². The Morgan fingerprint density at radius 2 is 1.57 bits per heavy atom. The third-order valence-electron chi connectivity index (χ3n) is 6.79. The van der Waals surface area contributed by atoms with Crippen LogP contribution in [0.3, 0.4) is 0 Å². The average molecular weight is 408 g/mol. The minimum atomic E-state index is 0.0812. The average Bonchev–Trinajstić information content (AvgIpc) is 3.08. The van der Waals surface area contributed by atoms with E-state index in [9.17, 15) is 9.59 Å². The highest BCUT2D eigenvalue weighted by molar-refractivity contribution is 5.96. The predicted molar refractivity (Wildman–Crippen MR) is 119 cm³/mol. The van der Waals surface area contributed by atoms with Gasteiger partial charge in [-0.25, -0.2) is 0 Å². The van der Waals surface area contributed by atoms with Gasteiger partial charge in [-0.2, -0.15) is 0 Å². The van der Waals surface area contributed by atoms with Gasteiger partial charge in [-0.3, -0.25) is 9.59 Å². The van der Waals surface area contributed by atoms with Crippen LogP contribution in [0.1, 0.15) is 59.4 Å². The molecule has 5 heteroatoms. The first-order valence-electron chi connectivity index (χ1n) is 11.3. The zero-order valence-corrected chi connectivity index (χ0v) is 18.3. The molecule has 0 N–H and O–H groups in total. The van der Waals surface area contributed by atoms with Gasteiger partial charge in [-0.1, -0.05) is 30.3 Å². The zero-order valence-electron chi connectivity index (χ0n) is 18.3. The summed E-state index contributed by atoms with van der Waals surface area (Å²) in [5.41, 5.74) is 4.15. The molecule has 2 aromatic rings. The van der Waals surface area contributed by atoms with Crippen molar-refractivity contribution in [3.8, 4) is 0 Å². The number of aromatic nitrogens is 1. The van der Waals surface area contributed by atoms with E-state index in [2.05, 4.69) is 23.6 Å². The predicted octanol–water partition coefficient (Wildman–Crippen LogP) is 4.02. The first kappa shape index (κ1) is 20.7. The van der Waals surface area contributed by atoms with E-state index in [-0.39, 0.29) is 11.8 Å². The first-order chi connectivity index (χ1) is 14.5. The summed E-state index contributed by atoms with van der Waals surface area (Å²) in [6, 6.07) is 12.4. The van der Waals surface area contributed by atoms with Crippen LogP contribution in [0.25, 0.3) is 0 Å². The van der Waals surface area contributed by atoms with Gasteiger partial charge in [0.05, 0.1) is 5.56 Å². The molecule has 0 aliphatic carbocycles. The fourth-order valence-corrected chi connectivity index (χ4v) is 4.90. The summed E-state index contributed by atoms with van der Waals surface area (Å²) in [6.45, 7) is 8.04. The molecule has 4 rings (SSSR count). The van der Waals surface area contributed by atoms with Crippen molar-refractivity contribution in [1.82, 2.24) is 14.4 Å². The molecule has 2 fully saturated rings. The van der Waals surface area contributed by atoms with Crippen molar-refractivity contribution in [2.75, 3.05) is 26.2 Å². The maximum Gasteiger partial charge on any atom is 0.255 e. The maximum atomic E-state index is 13.2. The Morgan fingerprint density at radius 1 is 0.900 bits per heavy atom. The molecule has 2 amide bonds. The van der Waals surface area contributed by atoms with Crippen LogP contribution in [-0.4, -0.2) is 52.4 Å². The van der Waals surface area contributed by atoms with Crippen LogP contribution in [0.5, 0.6) is 0 Å². The van der Waals surface area contributed by atoms with E-state index in [0.29, 0.717) is 19.0 Å². The number of carbonyl (C=O) groups excluding carboxylic acids is 2. The van der Waals surface area contributed by atoms with Gasteiger partial charge in [0, 0.05) is 50.0 Å². The minimum Gasteiger partial charge on any atom is -0.344 e. The lowest BCUT2D eigenvalue weighted by molar-refractivity contribution is -0.137. The molecule has 2 saturated heterocycles. The van der Waals surface area contributed by atoms with Crippen molar-refractivity contribution in [3.05, 3.63) is 58.9 Å². The molecule has 1 aromatic heterocycles. The molecular formula is C25H33N3O2. The number of amides is 2. The van der Waals surface area contributed by atoms with Gasteiger partial charge < -0.3 is 14.4 Å². The summed E-state index contributed by atoms with van der Waals surface area (Å²) in [5.74, 6) is 0.492. The molecule has 0 saturated carbocycles. The Bertz CT molecular complexity index is 889. The van der Waals surface area contributed by atoms with Crippen LogP contribution >= 0.6 is 0 Å². The van der Waals surface area contributed by atoms with Crippen molar-refractivity contribution in [2.24, 2.45) is 5.92 Å². The third-order valence-corrected chi connectivity index (χ3v) is 6.79. The lowest BCUT2D eigenvalue weighted by Crippen LogP contribution is -2.45. The van der Waals surface area contributed by atoms with Crippen LogP contribution in [-0.2, 0) is 11.3 Å². The van der Waals surface area contributed by atoms with Crippen LogP contribution in [0.4, 0.5) is 0 Å². The zero-order chi connectivity index (χ0) is 21.1. The third kappa shape index (κ3) is 4.30. The molecule has 0 atom stereocenters. The van der Waals surface area contributed by atoms with Gasteiger partial charge >= 0.3 is 0 Å². The number of likely N-dealkylation sites (tertiary alicyclic amines) is 2. The summed E-state index contributed by atoms with van der Waals surface area (Å²) in [5, 5.41) is 0. The minimum absolute atomic E-state index is 0.0812. The molecule has 0 bridgehead atoms. The second-order valence-corrected chi connectivity index (χ2v) is 8.81. The van der Waals surface area contributed by atoms with E-state index in [4.69, 9.17) is 0 Å². The number of benzene rings is 1. The second-order valence-electron chi connectivity index (χ2n) is 8.81. The highest BCUT2D eigenvalue weighted by Gasteiger charge is 2.31. The topological polar surface area (TPSA) is 45.6 Å². The smallest absolute Gasteiger partial charge is 0.255 e. The van der Waals surface area contributed by atoms with Crippen molar-refractivity contribution in [2.45, 2.75) is 52.5 Å². The monoisotopic (exact) mass is 407 g/mol. The van der Waals surface area contributed by atoms with Crippen molar-refractivity contribution in [1.29, 1.82) is 0 Å². The summed E-state index contributed by atoms with van der Waals surface area (Å²) < 4.78 is 2.22. The summed E-state index contributed by atoms with van der Waals surface area (Å²) in [7, 11) is 0. The molecule has 0 spiro atoms.